The highest BCUT2D eigenvalue weighted by molar-refractivity contribution is 5.96. The van der Waals surface area contributed by atoms with Gasteiger partial charge in [0.05, 0.1) is 12.2 Å². The molecule has 1 aromatic rings. The van der Waals surface area contributed by atoms with Crippen molar-refractivity contribution in [3.05, 3.63) is 29.8 Å². The molecule has 5 nitrogen and oxygen atoms in total. The molecule has 0 heterocycles. The van der Waals surface area contributed by atoms with Gasteiger partial charge in [0.25, 0.3) is 5.91 Å². The zero-order valence-corrected chi connectivity index (χ0v) is 16.6. The Morgan fingerprint density at radius 3 is 2.50 bits per heavy atom. The van der Waals surface area contributed by atoms with E-state index in [1.54, 1.807) is 12.1 Å². The van der Waals surface area contributed by atoms with Gasteiger partial charge in [-0.05, 0) is 44.7 Å². The van der Waals surface area contributed by atoms with Crippen LogP contribution in [0, 0.1) is 5.92 Å². The van der Waals surface area contributed by atoms with Crippen LogP contribution >= 0.6 is 0 Å². The van der Waals surface area contributed by atoms with E-state index in [-0.39, 0.29) is 17.9 Å². The molecule has 26 heavy (non-hydrogen) atoms. The van der Waals surface area contributed by atoms with Gasteiger partial charge in [0.15, 0.2) is 0 Å². The summed E-state index contributed by atoms with van der Waals surface area (Å²) in [4.78, 5) is 24.2. The van der Waals surface area contributed by atoms with Gasteiger partial charge >= 0.3 is 0 Å². The van der Waals surface area contributed by atoms with Crippen molar-refractivity contribution >= 4 is 11.8 Å². The smallest absolute Gasteiger partial charge is 0.255 e. The maximum atomic E-state index is 12.2. The molecule has 0 aliphatic carbocycles. The first-order valence-electron chi connectivity index (χ1n) is 9.73. The highest BCUT2D eigenvalue weighted by Crippen LogP contribution is 2.17. The first-order chi connectivity index (χ1) is 12.4. The molecular weight excluding hydrogens is 328 g/mol. The van der Waals surface area contributed by atoms with Gasteiger partial charge in [0, 0.05) is 19.0 Å². The number of para-hydroxylation sites is 1. The Bertz CT molecular complexity index is 558. The standard InChI is InChI=1S/C21H34N2O3/c1-5-26-19-13-7-6-12-18(19)21(25)22-15-9-14-20(24)23-17(4)11-8-10-16(2)3/h6-7,12-13,16-17H,5,8-11,14-15H2,1-4H3,(H,22,25)(H,23,24). The van der Waals surface area contributed by atoms with E-state index >= 15 is 0 Å². The summed E-state index contributed by atoms with van der Waals surface area (Å²) >= 11 is 0. The van der Waals surface area contributed by atoms with Gasteiger partial charge in [-0.15, -0.1) is 0 Å². The summed E-state index contributed by atoms with van der Waals surface area (Å²) in [6, 6.07) is 7.38. The minimum Gasteiger partial charge on any atom is -0.493 e. The molecule has 1 unspecified atom stereocenters. The van der Waals surface area contributed by atoms with Crippen molar-refractivity contribution in [1.82, 2.24) is 10.6 Å². The number of hydrogen-bond donors (Lipinski definition) is 2. The lowest BCUT2D eigenvalue weighted by Gasteiger charge is -2.14. The summed E-state index contributed by atoms with van der Waals surface area (Å²) in [6.45, 7) is 9.34. The van der Waals surface area contributed by atoms with Gasteiger partial charge in [-0.3, -0.25) is 9.59 Å². The molecule has 0 saturated carbocycles. The fourth-order valence-electron chi connectivity index (χ4n) is 2.73. The molecule has 1 rings (SSSR count). The molecule has 2 N–H and O–H groups in total. The van der Waals surface area contributed by atoms with Gasteiger partial charge in [0.2, 0.25) is 5.91 Å². The van der Waals surface area contributed by atoms with Crippen LogP contribution in [0.1, 0.15) is 70.2 Å². The van der Waals surface area contributed by atoms with Crippen LogP contribution in [0.15, 0.2) is 24.3 Å². The molecule has 0 radical (unpaired) electrons. The maximum Gasteiger partial charge on any atom is 0.255 e. The van der Waals surface area contributed by atoms with E-state index in [9.17, 15) is 9.59 Å². The minimum absolute atomic E-state index is 0.0472. The van der Waals surface area contributed by atoms with E-state index in [4.69, 9.17) is 4.74 Å². The Hall–Kier alpha value is -2.04. The average molecular weight is 363 g/mol. The SMILES string of the molecule is CCOc1ccccc1C(=O)NCCCC(=O)NC(C)CCCC(C)C. The zero-order valence-electron chi connectivity index (χ0n) is 16.6. The molecule has 0 aliphatic rings. The highest BCUT2D eigenvalue weighted by Gasteiger charge is 2.12. The predicted octanol–water partition coefficient (Wildman–Crippen LogP) is 3.93. The molecule has 0 spiro atoms. The first kappa shape index (κ1) is 22.0. The Morgan fingerprint density at radius 2 is 1.81 bits per heavy atom. The number of amides is 2. The summed E-state index contributed by atoms with van der Waals surface area (Å²) in [7, 11) is 0. The topological polar surface area (TPSA) is 67.4 Å². The van der Waals surface area contributed by atoms with Crippen LogP contribution in [-0.2, 0) is 4.79 Å². The Balaban J connectivity index is 2.25. The number of ether oxygens (including phenoxy) is 1. The second-order valence-electron chi connectivity index (χ2n) is 7.08. The third kappa shape index (κ3) is 8.88. The van der Waals surface area contributed by atoms with Crippen molar-refractivity contribution in [2.45, 2.75) is 65.8 Å². The van der Waals surface area contributed by atoms with E-state index in [1.165, 1.54) is 6.42 Å². The normalized spacial score (nSPS) is 11.9. The second kappa shape index (κ2) is 12.3. The van der Waals surface area contributed by atoms with E-state index < -0.39 is 0 Å². The van der Waals surface area contributed by atoms with Crippen molar-refractivity contribution in [3.63, 3.8) is 0 Å². The zero-order chi connectivity index (χ0) is 19.4. The lowest BCUT2D eigenvalue weighted by Crippen LogP contribution is -2.33. The summed E-state index contributed by atoms with van der Waals surface area (Å²) in [5, 5.41) is 5.88. The summed E-state index contributed by atoms with van der Waals surface area (Å²) in [5.41, 5.74) is 0.526. The van der Waals surface area contributed by atoms with Crippen LogP contribution in [0.3, 0.4) is 0 Å². The van der Waals surface area contributed by atoms with Crippen LogP contribution in [0.2, 0.25) is 0 Å². The van der Waals surface area contributed by atoms with E-state index in [0.717, 1.165) is 12.8 Å². The Morgan fingerprint density at radius 1 is 1.08 bits per heavy atom. The molecule has 5 heteroatoms. The van der Waals surface area contributed by atoms with Crippen molar-refractivity contribution in [1.29, 1.82) is 0 Å². The molecule has 1 aromatic carbocycles. The summed E-state index contributed by atoms with van der Waals surface area (Å²) in [6.07, 6.45) is 4.37. The number of carbonyl (C=O) groups excluding carboxylic acids is 2. The van der Waals surface area contributed by atoms with E-state index in [1.807, 2.05) is 26.0 Å². The Labute approximate surface area is 157 Å². The molecule has 0 aromatic heterocycles. The number of nitrogens with one attached hydrogen (secondary N) is 2. The van der Waals surface area contributed by atoms with E-state index in [2.05, 4.69) is 24.5 Å². The van der Waals surface area contributed by atoms with Gasteiger partial charge in [-0.2, -0.15) is 0 Å². The average Bonchev–Trinajstić information content (AvgIpc) is 2.59. The van der Waals surface area contributed by atoms with Gasteiger partial charge < -0.3 is 15.4 Å². The second-order valence-corrected chi connectivity index (χ2v) is 7.08. The quantitative estimate of drug-likeness (QED) is 0.554. The summed E-state index contributed by atoms with van der Waals surface area (Å²) < 4.78 is 5.47. The third-order valence-electron chi connectivity index (χ3n) is 4.12. The van der Waals surface area contributed by atoms with Gasteiger partial charge in [-0.25, -0.2) is 0 Å². The number of benzene rings is 1. The fraction of sp³-hybridized carbons (Fsp3) is 0.619. The Kier molecular flexibility index (Phi) is 10.4. The molecule has 0 saturated heterocycles. The van der Waals surface area contributed by atoms with Crippen molar-refractivity contribution in [2.75, 3.05) is 13.2 Å². The monoisotopic (exact) mass is 362 g/mol. The molecule has 0 aliphatic heterocycles. The molecular formula is C21H34N2O3. The van der Waals surface area contributed by atoms with Gasteiger partial charge in [-0.1, -0.05) is 38.8 Å². The fourth-order valence-corrected chi connectivity index (χ4v) is 2.73. The van der Waals surface area contributed by atoms with Crippen LogP contribution in [0.4, 0.5) is 0 Å². The largest absolute Gasteiger partial charge is 0.493 e. The summed E-state index contributed by atoms with van der Waals surface area (Å²) in [5.74, 6) is 1.16. The lowest BCUT2D eigenvalue weighted by molar-refractivity contribution is -0.121. The van der Waals surface area contributed by atoms with E-state index in [0.29, 0.717) is 43.2 Å². The highest BCUT2D eigenvalue weighted by atomic mass is 16.5. The van der Waals surface area contributed by atoms with Crippen LogP contribution < -0.4 is 15.4 Å². The third-order valence-corrected chi connectivity index (χ3v) is 4.12. The molecule has 0 bridgehead atoms. The van der Waals surface area contributed by atoms with Crippen molar-refractivity contribution < 1.29 is 14.3 Å². The van der Waals surface area contributed by atoms with Gasteiger partial charge in [0.1, 0.15) is 5.75 Å². The first-order valence-corrected chi connectivity index (χ1v) is 9.73. The van der Waals surface area contributed by atoms with Crippen molar-refractivity contribution in [2.24, 2.45) is 5.92 Å². The minimum atomic E-state index is -0.170. The lowest BCUT2D eigenvalue weighted by atomic mass is 10.0. The van der Waals surface area contributed by atoms with Crippen LogP contribution in [-0.4, -0.2) is 31.0 Å². The number of hydrogen-bond acceptors (Lipinski definition) is 3. The number of rotatable bonds is 12. The molecule has 1 atom stereocenters. The number of carbonyl (C=O) groups is 2. The van der Waals surface area contributed by atoms with Crippen molar-refractivity contribution in [3.8, 4) is 5.75 Å². The molecule has 0 fully saturated rings. The van der Waals surface area contributed by atoms with Crippen LogP contribution in [0.25, 0.3) is 0 Å². The predicted molar refractivity (Wildman–Crippen MR) is 105 cm³/mol. The van der Waals surface area contributed by atoms with Crippen LogP contribution in [0.5, 0.6) is 5.75 Å². The molecule has 146 valence electrons. The molecule has 2 amide bonds. The maximum absolute atomic E-state index is 12.2.